The fourth-order valence-electron chi connectivity index (χ4n) is 3.47. The maximum Gasteiger partial charge on any atom is 0.317 e. The summed E-state index contributed by atoms with van der Waals surface area (Å²) in [5, 5.41) is 7.05. The number of hydrogen-bond acceptors (Lipinski definition) is 5. The highest BCUT2D eigenvalue weighted by Gasteiger charge is 2.28. The van der Waals surface area contributed by atoms with Crippen molar-refractivity contribution in [1.29, 1.82) is 0 Å². The first-order chi connectivity index (χ1) is 11.2. The molecular formula is C16H27N5O2. The minimum Gasteiger partial charge on any atom is -0.339 e. The summed E-state index contributed by atoms with van der Waals surface area (Å²) in [6.45, 7) is 8.80. The Bertz CT molecular complexity index is 516. The average molecular weight is 321 g/mol. The van der Waals surface area contributed by atoms with Crippen molar-refractivity contribution in [3.8, 4) is 0 Å². The zero-order chi connectivity index (χ0) is 16.2. The van der Waals surface area contributed by atoms with Crippen LogP contribution >= 0.6 is 0 Å². The van der Waals surface area contributed by atoms with E-state index in [9.17, 15) is 4.79 Å². The van der Waals surface area contributed by atoms with Crippen LogP contribution in [0.25, 0.3) is 0 Å². The average Bonchev–Trinajstić information content (AvgIpc) is 3.02. The number of aromatic nitrogens is 2. The van der Waals surface area contributed by atoms with Gasteiger partial charge in [-0.05, 0) is 39.2 Å². The van der Waals surface area contributed by atoms with Crippen molar-refractivity contribution >= 4 is 6.03 Å². The van der Waals surface area contributed by atoms with E-state index in [2.05, 4.69) is 27.3 Å². The highest BCUT2D eigenvalue weighted by Crippen LogP contribution is 2.26. The van der Waals surface area contributed by atoms with Gasteiger partial charge in [-0.15, -0.1) is 0 Å². The molecule has 3 heterocycles. The lowest BCUT2D eigenvalue weighted by Crippen LogP contribution is -2.50. The molecule has 3 rings (SSSR count). The minimum atomic E-state index is 0.0834. The van der Waals surface area contributed by atoms with Gasteiger partial charge in [-0.25, -0.2) is 4.79 Å². The van der Waals surface area contributed by atoms with E-state index in [1.54, 1.807) is 0 Å². The Hall–Kier alpha value is -1.63. The van der Waals surface area contributed by atoms with Crippen LogP contribution in [0.15, 0.2) is 4.52 Å². The van der Waals surface area contributed by atoms with Crippen LogP contribution in [0.3, 0.4) is 0 Å². The molecule has 23 heavy (non-hydrogen) atoms. The quantitative estimate of drug-likeness (QED) is 0.918. The van der Waals surface area contributed by atoms with Crippen molar-refractivity contribution in [3.05, 3.63) is 11.7 Å². The lowest BCUT2D eigenvalue weighted by molar-refractivity contribution is 0.160. The molecule has 7 heteroatoms. The number of piperidine rings is 2. The van der Waals surface area contributed by atoms with Crippen LogP contribution in [0.1, 0.15) is 50.2 Å². The van der Waals surface area contributed by atoms with Crippen molar-refractivity contribution in [2.75, 3.05) is 32.7 Å². The summed E-state index contributed by atoms with van der Waals surface area (Å²) < 4.78 is 5.26. The Morgan fingerprint density at radius 2 is 1.91 bits per heavy atom. The van der Waals surface area contributed by atoms with Crippen LogP contribution in [0.2, 0.25) is 0 Å². The standard InChI is InChI=1S/C16H27N5O2/c1-3-20-8-6-14(7-9-20)18-16(22)21-10-4-13(5-11-21)15-17-12(2)19-23-15/h13-14H,3-11H2,1-2H3,(H,18,22). The number of nitrogens with zero attached hydrogens (tertiary/aromatic N) is 4. The molecule has 2 aliphatic rings. The fraction of sp³-hybridized carbons (Fsp3) is 0.812. The first-order valence-electron chi connectivity index (χ1n) is 8.73. The summed E-state index contributed by atoms with van der Waals surface area (Å²) in [7, 11) is 0. The molecule has 0 radical (unpaired) electrons. The van der Waals surface area contributed by atoms with Gasteiger partial charge in [0, 0.05) is 38.1 Å². The molecule has 2 saturated heterocycles. The number of amides is 2. The molecule has 2 amide bonds. The van der Waals surface area contributed by atoms with Crippen molar-refractivity contribution in [2.45, 2.75) is 51.5 Å². The second kappa shape index (κ2) is 7.29. The number of carbonyl (C=O) groups is 1. The van der Waals surface area contributed by atoms with Crippen LogP contribution in [0, 0.1) is 6.92 Å². The lowest BCUT2D eigenvalue weighted by atomic mass is 9.97. The molecular weight excluding hydrogens is 294 g/mol. The normalized spacial score (nSPS) is 21.6. The zero-order valence-corrected chi connectivity index (χ0v) is 14.1. The molecule has 0 saturated carbocycles. The largest absolute Gasteiger partial charge is 0.339 e. The van der Waals surface area contributed by atoms with Gasteiger partial charge in [0.1, 0.15) is 0 Å². The zero-order valence-electron chi connectivity index (χ0n) is 14.1. The summed E-state index contributed by atoms with van der Waals surface area (Å²) in [6, 6.07) is 0.404. The summed E-state index contributed by atoms with van der Waals surface area (Å²) in [5.74, 6) is 1.68. The topological polar surface area (TPSA) is 74.5 Å². The minimum absolute atomic E-state index is 0.0834. The van der Waals surface area contributed by atoms with Gasteiger partial charge < -0.3 is 19.6 Å². The third-order valence-corrected chi connectivity index (χ3v) is 5.04. The Morgan fingerprint density at radius 3 is 2.48 bits per heavy atom. The van der Waals surface area contributed by atoms with E-state index < -0.39 is 0 Å². The predicted molar refractivity (Wildman–Crippen MR) is 86.3 cm³/mol. The van der Waals surface area contributed by atoms with Crippen LogP contribution in [-0.4, -0.2) is 64.7 Å². The Kier molecular flexibility index (Phi) is 5.15. The lowest BCUT2D eigenvalue weighted by Gasteiger charge is -2.35. The maximum atomic E-state index is 12.4. The fourth-order valence-corrected chi connectivity index (χ4v) is 3.47. The summed E-state index contributed by atoms with van der Waals surface area (Å²) in [5.41, 5.74) is 0. The summed E-state index contributed by atoms with van der Waals surface area (Å²) >= 11 is 0. The number of carbonyl (C=O) groups excluding carboxylic acids is 1. The van der Waals surface area contributed by atoms with Crippen molar-refractivity contribution in [1.82, 2.24) is 25.3 Å². The van der Waals surface area contributed by atoms with Gasteiger partial charge in [0.15, 0.2) is 5.82 Å². The molecule has 0 bridgehead atoms. The third-order valence-electron chi connectivity index (χ3n) is 5.04. The summed E-state index contributed by atoms with van der Waals surface area (Å²) in [6.07, 6.45) is 3.89. The number of rotatable bonds is 3. The Morgan fingerprint density at radius 1 is 1.22 bits per heavy atom. The molecule has 2 fully saturated rings. The van der Waals surface area contributed by atoms with E-state index in [0.717, 1.165) is 64.3 Å². The Balaban J connectivity index is 1.43. The monoisotopic (exact) mass is 321 g/mol. The van der Waals surface area contributed by atoms with Gasteiger partial charge in [0.05, 0.1) is 0 Å². The number of aryl methyl sites for hydroxylation is 1. The van der Waals surface area contributed by atoms with E-state index >= 15 is 0 Å². The number of hydrogen-bond donors (Lipinski definition) is 1. The smallest absolute Gasteiger partial charge is 0.317 e. The molecule has 0 unspecified atom stereocenters. The number of nitrogens with one attached hydrogen (secondary N) is 1. The van der Waals surface area contributed by atoms with Gasteiger partial charge in [0.25, 0.3) is 0 Å². The molecule has 1 aromatic heterocycles. The second-order valence-corrected chi connectivity index (χ2v) is 6.60. The van der Waals surface area contributed by atoms with E-state index in [-0.39, 0.29) is 11.9 Å². The number of likely N-dealkylation sites (tertiary alicyclic amines) is 2. The molecule has 1 aromatic rings. The molecule has 0 aliphatic carbocycles. The van der Waals surface area contributed by atoms with Gasteiger partial charge >= 0.3 is 6.03 Å². The number of urea groups is 1. The SMILES string of the molecule is CCN1CCC(NC(=O)N2CCC(c3nc(C)no3)CC2)CC1. The highest BCUT2D eigenvalue weighted by atomic mass is 16.5. The van der Waals surface area contributed by atoms with Crippen LogP contribution < -0.4 is 5.32 Å². The third kappa shape index (κ3) is 4.02. The molecule has 0 spiro atoms. The van der Waals surface area contributed by atoms with E-state index in [1.807, 2.05) is 11.8 Å². The molecule has 2 aliphatic heterocycles. The first-order valence-corrected chi connectivity index (χ1v) is 8.73. The van der Waals surface area contributed by atoms with Gasteiger partial charge in [-0.1, -0.05) is 12.1 Å². The van der Waals surface area contributed by atoms with E-state index in [4.69, 9.17) is 4.52 Å². The molecule has 7 nitrogen and oxygen atoms in total. The van der Waals surface area contributed by atoms with Gasteiger partial charge in [0.2, 0.25) is 5.89 Å². The van der Waals surface area contributed by atoms with E-state index in [0.29, 0.717) is 11.9 Å². The molecule has 1 N–H and O–H groups in total. The summed E-state index contributed by atoms with van der Waals surface area (Å²) in [4.78, 5) is 21.1. The van der Waals surface area contributed by atoms with Crippen LogP contribution in [0.4, 0.5) is 4.79 Å². The van der Waals surface area contributed by atoms with Gasteiger partial charge in [-0.3, -0.25) is 0 Å². The van der Waals surface area contributed by atoms with E-state index in [1.165, 1.54) is 0 Å². The van der Waals surface area contributed by atoms with Crippen LogP contribution in [-0.2, 0) is 0 Å². The van der Waals surface area contributed by atoms with Gasteiger partial charge in [-0.2, -0.15) is 4.98 Å². The molecule has 128 valence electrons. The predicted octanol–water partition coefficient (Wildman–Crippen LogP) is 1.75. The second-order valence-electron chi connectivity index (χ2n) is 6.60. The molecule has 0 atom stereocenters. The molecule has 0 aromatic carbocycles. The first kappa shape index (κ1) is 16.2. The van der Waals surface area contributed by atoms with Crippen molar-refractivity contribution in [3.63, 3.8) is 0 Å². The van der Waals surface area contributed by atoms with Crippen molar-refractivity contribution < 1.29 is 9.32 Å². The Labute approximate surface area is 137 Å². The highest BCUT2D eigenvalue weighted by molar-refractivity contribution is 5.74. The van der Waals surface area contributed by atoms with Crippen LogP contribution in [0.5, 0.6) is 0 Å². The van der Waals surface area contributed by atoms with Crippen molar-refractivity contribution in [2.24, 2.45) is 0 Å². The maximum absolute atomic E-state index is 12.4.